The highest BCUT2D eigenvalue weighted by Crippen LogP contribution is 2.29. The number of azo groups is 1. The van der Waals surface area contributed by atoms with Gasteiger partial charge in [-0.25, -0.2) is 0 Å². The van der Waals surface area contributed by atoms with Crippen LogP contribution in [0, 0.1) is 0 Å². The Bertz CT molecular complexity index is 2500. The predicted molar refractivity (Wildman–Crippen MR) is 225 cm³/mol. The third-order valence-corrected chi connectivity index (χ3v) is 9.72. The van der Waals surface area contributed by atoms with Crippen molar-refractivity contribution in [3.8, 4) is 0 Å². The second-order valence-electron chi connectivity index (χ2n) is 13.4. The van der Waals surface area contributed by atoms with Crippen molar-refractivity contribution in [3.63, 3.8) is 0 Å². The van der Waals surface area contributed by atoms with Gasteiger partial charge in [0, 0.05) is 0 Å². The van der Waals surface area contributed by atoms with Gasteiger partial charge in [0.05, 0.1) is 6.54 Å². The van der Waals surface area contributed by atoms with Gasteiger partial charge in [-0.05, 0) is 102 Å². The molecule has 1 aliphatic rings. The number of hydrogen-bond acceptors (Lipinski definition) is 2. The number of hydrogen-bond donors (Lipinski definition) is 0. The van der Waals surface area contributed by atoms with Crippen molar-refractivity contribution in [1.82, 2.24) is 0 Å². The Morgan fingerprint density at radius 3 is 1.62 bits per heavy atom. The standard InChI is InChI=1S/C51H40N2/c1-5-13-42(14-6-1)50(43-15-7-2-8-16-43)32-27-40-25-29-46-33-38(23-28-47(46)35-40)21-22-39-24-30-49-36-41(26-31-48(49)34-39)37-52-53-51(44-17-9-3-10-18-44)45-19-11-4-12-20-45/h1-15,17-36,51H,16,37H2/b22-21+,32-27+,50-43-,53-52?. The van der Waals surface area contributed by atoms with Crippen molar-refractivity contribution >= 4 is 45.3 Å². The first-order chi connectivity index (χ1) is 26.2. The van der Waals surface area contributed by atoms with Gasteiger partial charge in [-0.3, -0.25) is 0 Å². The molecule has 0 bridgehead atoms. The molecule has 0 heterocycles. The van der Waals surface area contributed by atoms with E-state index in [1.54, 1.807) is 0 Å². The Kier molecular flexibility index (Phi) is 10.2. The summed E-state index contributed by atoms with van der Waals surface area (Å²) in [6, 6.07) is 57.9. The van der Waals surface area contributed by atoms with Gasteiger partial charge in [0.1, 0.15) is 6.04 Å². The third kappa shape index (κ3) is 8.30. The maximum Gasteiger partial charge on any atom is 0.121 e. The molecule has 7 aromatic rings. The van der Waals surface area contributed by atoms with Crippen molar-refractivity contribution in [2.45, 2.75) is 19.0 Å². The summed E-state index contributed by atoms with van der Waals surface area (Å²) in [5, 5.41) is 14.3. The molecule has 0 aliphatic heterocycles. The Hall–Kier alpha value is -6.64. The summed E-state index contributed by atoms with van der Waals surface area (Å²) in [5.41, 5.74) is 10.8. The zero-order chi connectivity index (χ0) is 35.7. The second kappa shape index (κ2) is 16.1. The van der Waals surface area contributed by atoms with Gasteiger partial charge in [-0.2, -0.15) is 10.2 Å². The molecule has 0 radical (unpaired) electrons. The first-order valence-electron chi connectivity index (χ1n) is 18.3. The van der Waals surface area contributed by atoms with E-state index in [0.29, 0.717) is 6.54 Å². The summed E-state index contributed by atoms with van der Waals surface area (Å²) in [4.78, 5) is 0. The molecule has 53 heavy (non-hydrogen) atoms. The maximum absolute atomic E-state index is 4.78. The van der Waals surface area contributed by atoms with Gasteiger partial charge in [0.2, 0.25) is 0 Å². The highest BCUT2D eigenvalue weighted by Gasteiger charge is 2.12. The van der Waals surface area contributed by atoms with Crippen molar-refractivity contribution in [2.75, 3.05) is 0 Å². The normalized spacial score (nSPS) is 14.1. The van der Waals surface area contributed by atoms with Crippen molar-refractivity contribution < 1.29 is 0 Å². The van der Waals surface area contributed by atoms with E-state index in [0.717, 1.165) is 23.1 Å². The first-order valence-corrected chi connectivity index (χ1v) is 18.3. The fourth-order valence-corrected chi connectivity index (χ4v) is 6.90. The monoisotopic (exact) mass is 680 g/mol. The number of allylic oxidation sites excluding steroid dienone is 7. The molecule has 254 valence electrons. The van der Waals surface area contributed by atoms with E-state index in [2.05, 4.69) is 205 Å². The molecule has 0 spiro atoms. The molecule has 0 aromatic heterocycles. The van der Waals surface area contributed by atoms with E-state index >= 15 is 0 Å². The molecular weight excluding hydrogens is 641 g/mol. The van der Waals surface area contributed by atoms with Gasteiger partial charge < -0.3 is 0 Å². The molecule has 0 saturated carbocycles. The topological polar surface area (TPSA) is 24.7 Å². The summed E-state index contributed by atoms with van der Waals surface area (Å²) in [6.07, 6.45) is 18.5. The lowest BCUT2D eigenvalue weighted by molar-refractivity contribution is 0.757. The molecule has 0 N–H and O–H groups in total. The minimum absolute atomic E-state index is 0.118. The Morgan fingerprint density at radius 2 is 1.06 bits per heavy atom. The van der Waals surface area contributed by atoms with Crippen molar-refractivity contribution in [2.24, 2.45) is 10.2 Å². The molecule has 2 nitrogen and oxygen atoms in total. The Balaban J connectivity index is 0.946. The van der Waals surface area contributed by atoms with Gasteiger partial charge in [-0.15, -0.1) is 0 Å². The van der Waals surface area contributed by atoms with Crippen LogP contribution >= 0.6 is 0 Å². The van der Waals surface area contributed by atoms with Gasteiger partial charge in [-0.1, -0.05) is 188 Å². The molecule has 0 amide bonds. The van der Waals surface area contributed by atoms with Crippen LogP contribution in [-0.4, -0.2) is 0 Å². The average Bonchev–Trinajstić information content (AvgIpc) is 3.23. The Labute approximate surface area is 312 Å². The fraction of sp³-hybridized carbons (Fsp3) is 0.0588. The third-order valence-electron chi connectivity index (χ3n) is 9.72. The number of rotatable bonds is 10. The summed E-state index contributed by atoms with van der Waals surface area (Å²) in [5.74, 6) is 0. The zero-order valence-electron chi connectivity index (χ0n) is 29.6. The summed E-state index contributed by atoms with van der Waals surface area (Å²) < 4.78 is 0. The Morgan fingerprint density at radius 1 is 0.528 bits per heavy atom. The number of nitrogens with zero attached hydrogens (tertiary/aromatic N) is 2. The molecule has 0 saturated heterocycles. The molecule has 1 aliphatic carbocycles. The smallest absolute Gasteiger partial charge is 0.121 e. The molecule has 0 unspecified atom stereocenters. The number of benzene rings is 7. The first kappa shape index (κ1) is 33.5. The van der Waals surface area contributed by atoms with E-state index in [1.807, 2.05) is 12.1 Å². The van der Waals surface area contributed by atoms with E-state index in [4.69, 9.17) is 5.11 Å². The van der Waals surface area contributed by atoms with E-state index in [-0.39, 0.29) is 6.04 Å². The average molecular weight is 681 g/mol. The summed E-state index contributed by atoms with van der Waals surface area (Å²) >= 11 is 0. The fourth-order valence-electron chi connectivity index (χ4n) is 6.90. The highest BCUT2D eigenvalue weighted by atomic mass is 15.1. The molecule has 7 aromatic carbocycles. The van der Waals surface area contributed by atoms with Gasteiger partial charge in [0.25, 0.3) is 0 Å². The van der Waals surface area contributed by atoms with Crippen LogP contribution in [0.15, 0.2) is 210 Å². The van der Waals surface area contributed by atoms with Crippen LogP contribution in [0.5, 0.6) is 0 Å². The minimum Gasteiger partial charge on any atom is -0.188 e. The lowest BCUT2D eigenvalue weighted by Crippen LogP contribution is -1.97. The molecule has 8 rings (SSSR count). The van der Waals surface area contributed by atoms with Crippen LogP contribution in [0.3, 0.4) is 0 Å². The van der Waals surface area contributed by atoms with Crippen LogP contribution in [0.25, 0.3) is 45.3 Å². The maximum atomic E-state index is 4.78. The minimum atomic E-state index is -0.118. The van der Waals surface area contributed by atoms with Crippen molar-refractivity contribution in [3.05, 3.63) is 239 Å². The highest BCUT2D eigenvalue weighted by molar-refractivity contribution is 5.90. The molecule has 0 fully saturated rings. The summed E-state index contributed by atoms with van der Waals surface area (Å²) in [7, 11) is 0. The van der Waals surface area contributed by atoms with Crippen LogP contribution in [0.4, 0.5) is 0 Å². The van der Waals surface area contributed by atoms with Crippen molar-refractivity contribution in [1.29, 1.82) is 0 Å². The van der Waals surface area contributed by atoms with Gasteiger partial charge >= 0.3 is 0 Å². The SMILES string of the molecule is C1=CC/C(=C(/C=C/c2ccc3cc(/C=C/c4ccc5cc(CN=NC(c6ccccc6)c6ccccc6)ccc5c4)ccc3c2)c2ccccc2)C=C1. The van der Waals surface area contributed by atoms with Crippen LogP contribution in [0.1, 0.15) is 51.4 Å². The zero-order valence-corrected chi connectivity index (χ0v) is 29.6. The summed E-state index contributed by atoms with van der Waals surface area (Å²) in [6.45, 7) is 0.537. The van der Waals surface area contributed by atoms with E-state index < -0.39 is 0 Å². The molecule has 0 atom stereocenters. The lowest BCUT2D eigenvalue weighted by Gasteiger charge is -2.12. The molecule has 2 heteroatoms. The number of fused-ring (bicyclic) bond motifs is 2. The van der Waals surface area contributed by atoms with Crippen LogP contribution < -0.4 is 0 Å². The van der Waals surface area contributed by atoms with E-state index in [1.165, 1.54) is 54.9 Å². The predicted octanol–water partition coefficient (Wildman–Crippen LogP) is 13.9. The van der Waals surface area contributed by atoms with E-state index in [9.17, 15) is 0 Å². The largest absolute Gasteiger partial charge is 0.188 e. The molecular formula is C51H40N2. The quantitative estimate of drug-likeness (QED) is 0.101. The van der Waals surface area contributed by atoms with Crippen LogP contribution in [-0.2, 0) is 6.54 Å². The van der Waals surface area contributed by atoms with Crippen LogP contribution in [0.2, 0.25) is 0 Å². The lowest BCUT2D eigenvalue weighted by atomic mass is 9.94. The second-order valence-corrected chi connectivity index (χ2v) is 13.4. The van der Waals surface area contributed by atoms with Gasteiger partial charge in [0.15, 0.2) is 0 Å².